The minimum absolute atomic E-state index is 0.268. The van der Waals surface area contributed by atoms with Crippen molar-refractivity contribution in [3.63, 3.8) is 0 Å². The van der Waals surface area contributed by atoms with Gasteiger partial charge in [0.2, 0.25) is 0 Å². The van der Waals surface area contributed by atoms with Gasteiger partial charge in [0, 0.05) is 12.1 Å². The van der Waals surface area contributed by atoms with Crippen molar-refractivity contribution in [2.24, 2.45) is 0 Å². The number of fused-ring (bicyclic) bond motifs is 3. The van der Waals surface area contributed by atoms with Gasteiger partial charge in [0.1, 0.15) is 11.5 Å². The Labute approximate surface area is 92.2 Å². The van der Waals surface area contributed by atoms with Crippen LogP contribution >= 0.6 is 0 Å². The second-order valence-electron chi connectivity index (χ2n) is 3.83. The number of aromatic nitrogens is 2. The molecule has 0 fully saturated rings. The number of hydrogen-bond donors (Lipinski definition) is 1. The van der Waals surface area contributed by atoms with Gasteiger partial charge < -0.3 is 9.67 Å². The van der Waals surface area contributed by atoms with E-state index < -0.39 is 5.97 Å². The molecule has 2 heterocycles. The molecule has 0 atom stereocenters. The lowest BCUT2D eigenvalue weighted by molar-refractivity contribution is 0.0685. The Morgan fingerprint density at radius 3 is 3.00 bits per heavy atom. The van der Waals surface area contributed by atoms with Gasteiger partial charge in [0.05, 0.1) is 6.20 Å². The first-order chi connectivity index (χ1) is 7.77. The minimum atomic E-state index is -0.918. The van der Waals surface area contributed by atoms with Gasteiger partial charge in [0.15, 0.2) is 0 Å². The molecule has 16 heavy (non-hydrogen) atoms. The molecule has 1 aromatic heterocycles. The van der Waals surface area contributed by atoms with Gasteiger partial charge in [-0.3, -0.25) is 0 Å². The van der Waals surface area contributed by atoms with Gasteiger partial charge in [-0.25, -0.2) is 9.78 Å². The number of carbonyl (C=O) groups is 1. The number of benzene rings is 1. The smallest absolute Gasteiger partial charge is 0.354 e. The lowest BCUT2D eigenvalue weighted by atomic mass is 10.0. The van der Waals surface area contributed by atoms with Gasteiger partial charge in [-0.05, 0) is 12.0 Å². The first-order valence-electron chi connectivity index (χ1n) is 5.14. The van der Waals surface area contributed by atoms with E-state index in [1.807, 2.05) is 18.2 Å². The SMILES string of the molecule is O=C(O)c1cnc2n1CCc1ccccc1-2. The number of aromatic carboxylic acids is 1. The fourth-order valence-electron chi connectivity index (χ4n) is 2.18. The van der Waals surface area contributed by atoms with Gasteiger partial charge in [-0.1, -0.05) is 24.3 Å². The van der Waals surface area contributed by atoms with Crippen LogP contribution in [0.25, 0.3) is 11.4 Å². The molecule has 0 saturated heterocycles. The van der Waals surface area contributed by atoms with Crippen molar-refractivity contribution in [1.29, 1.82) is 0 Å². The maximum Gasteiger partial charge on any atom is 0.354 e. The summed E-state index contributed by atoms with van der Waals surface area (Å²) in [6.45, 7) is 0.688. The Balaban J connectivity index is 2.23. The summed E-state index contributed by atoms with van der Waals surface area (Å²) in [4.78, 5) is 15.2. The van der Waals surface area contributed by atoms with E-state index in [0.29, 0.717) is 6.54 Å². The van der Waals surface area contributed by atoms with Crippen molar-refractivity contribution in [3.05, 3.63) is 41.7 Å². The molecule has 4 nitrogen and oxygen atoms in total. The summed E-state index contributed by atoms with van der Waals surface area (Å²) in [6.07, 6.45) is 2.29. The van der Waals surface area contributed by atoms with E-state index >= 15 is 0 Å². The van der Waals surface area contributed by atoms with Gasteiger partial charge in [0.25, 0.3) is 0 Å². The summed E-state index contributed by atoms with van der Waals surface area (Å²) in [7, 11) is 0. The molecule has 4 heteroatoms. The van der Waals surface area contributed by atoms with Crippen LogP contribution in [0.3, 0.4) is 0 Å². The second kappa shape index (κ2) is 3.20. The van der Waals surface area contributed by atoms with Crippen molar-refractivity contribution >= 4 is 5.97 Å². The predicted molar refractivity (Wildman–Crippen MR) is 58.3 cm³/mol. The van der Waals surface area contributed by atoms with Crippen LogP contribution in [-0.2, 0) is 13.0 Å². The lowest BCUT2D eigenvalue weighted by Gasteiger charge is -2.18. The molecule has 3 rings (SSSR count). The Kier molecular flexibility index (Phi) is 1.83. The maximum atomic E-state index is 11.0. The van der Waals surface area contributed by atoms with E-state index in [2.05, 4.69) is 11.1 Å². The van der Waals surface area contributed by atoms with Gasteiger partial charge in [-0.15, -0.1) is 0 Å². The molecule has 0 unspecified atom stereocenters. The van der Waals surface area contributed by atoms with Crippen LogP contribution in [-0.4, -0.2) is 20.6 Å². The highest BCUT2D eigenvalue weighted by atomic mass is 16.4. The predicted octanol–water partition coefficient (Wildman–Crippen LogP) is 1.80. The molecule has 0 amide bonds. The summed E-state index contributed by atoms with van der Waals surface area (Å²) in [5.41, 5.74) is 2.54. The van der Waals surface area contributed by atoms with Crippen LogP contribution in [0.4, 0.5) is 0 Å². The number of rotatable bonds is 1. The fourth-order valence-corrected chi connectivity index (χ4v) is 2.18. The average Bonchev–Trinajstić information content (AvgIpc) is 2.73. The average molecular weight is 214 g/mol. The quantitative estimate of drug-likeness (QED) is 0.787. The largest absolute Gasteiger partial charge is 0.477 e. The van der Waals surface area contributed by atoms with Gasteiger partial charge >= 0.3 is 5.97 Å². The number of carboxylic acid groups (broad SMARTS) is 1. The van der Waals surface area contributed by atoms with E-state index in [1.165, 1.54) is 11.8 Å². The van der Waals surface area contributed by atoms with Crippen LogP contribution in [0, 0.1) is 0 Å². The molecule has 1 aromatic carbocycles. The molecule has 1 aliphatic rings. The molecule has 0 aliphatic carbocycles. The molecule has 0 spiro atoms. The minimum Gasteiger partial charge on any atom is -0.477 e. The van der Waals surface area contributed by atoms with E-state index in [0.717, 1.165) is 17.8 Å². The summed E-state index contributed by atoms with van der Waals surface area (Å²) >= 11 is 0. The zero-order chi connectivity index (χ0) is 11.1. The number of imidazole rings is 1. The van der Waals surface area contributed by atoms with Crippen molar-refractivity contribution in [2.45, 2.75) is 13.0 Å². The highest BCUT2D eigenvalue weighted by Gasteiger charge is 2.21. The monoisotopic (exact) mass is 214 g/mol. The first-order valence-corrected chi connectivity index (χ1v) is 5.14. The molecule has 1 aliphatic heterocycles. The number of aryl methyl sites for hydroxylation is 1. The van der Waals surface area contributed by atoms with Crippen LogP contribution in [0.2, 0.25) is 0 Å². The highest BCUT2D eigenvalue weighted by Crippen LogP contribution is 2.28. The third-order valence-electron chi connectivity index (χ3n) is 2.94. The maximum absolute atomic E-state index is 11.0. The van der Waals surface area contributed by atoms with Gasteiger partial charge in [-0.2, -0.15) is 0 Å². The topological polar surface area (TPSA) is 55.1 Å². The zero-order valence-corrected chi connectivity index (χ0v) is 8.55. The molecular formula is C12H10N2O2. The molecular weight excluding hydrogens is 204 g/mol. The van der Waals surface area contributed by atoms with Crippen LogP contribution in [0.1, 0.15) is 16.1 Å². The van der Waals surface area contributed by atoms with Crippen molar-refractivity contribution < 1.29 is 9.90 Å². The Morgan fingerprint density at radius 1 is 1.38 bits per heavy atom. The molecule has 0 radical (unpaired) electrons. The normalized spacial score (nSPS) is 13.0. The highest BCUT2D eigenvalue weighted by molar-refractivity contribution is 5.86. The summed E-state index contributed by atoms with van der Waals surface area (Å²) in [6, 6.07) is 7.99. The summed E-state index contributed by atoms with van der Waals surface area (Å²) in [5, 5.41) is 9.02. The number of hydrogen-bond acceptors (Lipinski definition) is 2. The summed E-state index contributed by atoms with van der Waals surface area (Å²) < 4.78 is 1.77. The third kappa shape index (κ3) is 1.16. The molecule has 1 N–H and O–H groups in total. The molecule has 0 bridgehead atoms. The lowest BCUT2D eigenvalue weighted by Crippen LogP contribution is -2.15. The Hall–Kier alpha value is -2.10. The van der Waals surface area contributed by atoms with Crippen LogP contribution in [0.15, 0.2) is 30.5 Å². The van der Waals surface area contributed by atoms with E-state index in [1.54, 1.807) is 4.57 Å². The van der Waals surface area contributed by atoms with Crippen molar-refractivity contribution in [2.75, 3.05) is 0 Å². The van der Waals surface area contributed by atoms with Crippen LogP contribution in [0.5, 0.6) is 0 Å². The summed E-state index contributed by atoms with van der Waals surface area (Å²) in [5.74, 6) is -0.155. The number of carboxylic acids is 1. The molecule has 0 saturated carbocycles. The van der Waals surface area contributed by atoms with Crippen molar-refractivity contribution in [1.82, 2.24) is 9.55 Å². The van der Waals surface area contributed by atoms with E-state index in [4.69, 9.17) is 5.11 Å². The van der Waals surface area contributed by atoms with E-state index in [-0.39, 0.29) is 5.69 Å². The van der Waals surface area contributed by atoms with E-state index in [9.17, 15) is 4.79 Å². The molecule has 80 valence electrons. The third-order valence-corrected chi connectivity index (χ3v) is 2.94. The molecule has 2 aromatic rings. The Morgan fingerprint density at radius 2 is 2.19 bits per heavy atom. The number of nitrogens with zero attached hydrogens (tertiary/aromatic N) is 2. The fraction of sp³-hybridized carbons (Fsp3) is 0.167. The van der Waals surface area contributed by atoms with Crippen LogP contribution < -0.4 is 0 Å². The standard InChI is InChI=1S/C12H10N2O2/c15-12(16)10-7-13-11-9-4-2-1-3-8(9)5-6-14(10)11/h1-4,7H,5-6H2,(H,15,16). The Bertz CT molecular complexity index is 572. The first kappa shape index (κ1) is 9.15. The zero-order valence-electron chi connectivity index (χ0n) is 8.55. The second-order valence-corrected chi connectivity index (χ2v) is 3.83. The van der Waals surface area contributed by atoms with Crippen molar-refractivity contribution in [3.8, 4) is 11.4 Å².